The first-order valence-electron chi connectivity index (χ1n) is 5.33. The molecule has 1 aliphatic carbocycles. The minimum absolute atomic E-state index is 0.00757. The average Bonchev–Trinajstić information content (AvgIpc) is 2.17. The first-order chi connectivity index (χ1) is 6.47. The Bertz CT molecular complexity index is 254. The van der Waals surface area contributed by atoms with E-state index in [0.717, 1.165) is 12.8 Å². The average molecular weight is 193 g/mol. The van der Waals surface area contributed by atoms with Gasteiger partial charge >= 0.3 is 0 Å². The molecule has 0 heterocycles. The summed E-state index contributed by atoms with van der Waals surface area (Å²) in [4.78, 5) is 0. The lowest BCUT2D eigenvalue weighted by atomic mass is 9.84. The quantitative estimate of drug-likeness (QED) is 0.619. The normalized spacial score (nSPS) is 22.1. The lowest BCUT2D eigenvalue weighted by Gasteiger charge is -2.28. The molecule has 0 atom stereocenters. The van der Waals surface area contributed by atoms with E-state index in [2.05, 4.69) is 23.2 Å². The molecule has 0 aromatic heterocycles. The summed E-state index contributed by atoms with van der Waals surface area (Å²) in [6.07, 6.45) is 6.01. The van der Waals surface area contributed by atoms with Gasteiger partial charge in [0.1, 0.15) is 0 Å². The molecule has 0 bridgehead atoms. The molecule has 0 saturated heterocycles. The number of nitriles is 1. The van der Waals surface area contributed by atoms with E-state index in [0.29, 0.717) is 0 Å². The largest absolute Gasteiger partial charge is 0.196 e. The molecule has 3 nitrogen and oxygen atoms in total. The van der Waals surface area contributed by atoms with Crippen molar-refractivity contribution in [1.82, 2.24) is 0 Å². The summed E-state index contributed by atoms with van der Waals surface area (Å²) in [6, 6.07) is 2.14. The van der Waals surface area contributed by atoms with Gasteiger partial charge in [-0.25, -0.2) is 0 Å². The number of azo groups is 1. The van der Waals surface area contributed by atoms with Crippen LogP contribution in [0, 0.1) is 11.3 Å². The molecule has 1 rings (SSSR count). The maximum absolute atomic E-state index is 8.80. The van der Waals surface area contributed by atoms with Gasteiger partial charge in [0.05, 0.1) is 11.6 Å². The third kappa shape index (κ3) is 3.10. The maximum Gasteiger partial charge on any atom is 0.161 e. The lowest BCUT2D eigenvalue weighted by Crippen LogP contribution is -2.26. The maximum atomic E-state index is 8.80. The molecule has 1 aliphatic rings. The predicted molar refractivity (Wildman–Crippen MR) is 56.0 cm³/mol. The van der Waals surface area contributed by atoms with Crippen molar-refractivity contribution < 1.29 is 0 Å². The molecule has 1 fully saturated rings. The van der Waals surface area contributed by atoms with Crippen LogP contribution in [0.4, 0.5) is 0 Å². The van der Waals surface area contributed by atoms with Gasteiger partial charge in [0.2, 0.25) is 0 Å². The van der Waals surface area contributed by atoms with Crippen LogP contribution in [0.15, 0.2) is 10.2 Å². The number of hydrogen-bond acceptors (Lipinski definition) is 3. The fourth-order valence-electron chi connectivity index (χ4n) is 1.68. The first-order valence-corrected chi connectivity index (χ1v) is 5.33. The molecule has 0 aliphatic heterocycles. The Kier molecular flexibility index (Phi) is 3.25. The van der Waals surface area contributed by atoms with Gasteiger partial charge in [-0.2, -0.15) is 15.5 Å². The zero-order chi connectivity index (χ0) is 10.7. The van der Waals surface area contributed by atoms with Crippen LogP contribution < -0.4 is 0 Å². The van der Waals surface area contributed by atoms with Crippen LogP contribution in [0.1, 0.15) is 52.9 Å². The Morgan fingerprint density at radius 2 is 1.79 bits per heavy atom. The Hall–Kier alpha value is -0.910. The number of hydrogen-bond donors (Lipinski definition) is 0. The van der Waals surface area contributed by atoms with E-state index in [-0.39, 0.29) is 5.54 Å². The second-order valence-electron chi connectivity index (χ2n) is 4.93. The van der Waals surface area contributed by atoms with Gasteiger partial charge in [-0.15, -0.1) is 0 Å². The topological polar surface area (TPSA) is 48.5 Å². The summed E-state index contributed by atoms with van der Waals surface area (Å²) < 4.78 is 0. The van der Waals surface area contributed by atoms with E-state index < -0.39 is 5.54 Å². The second kappa shape index (κ2) is 4.08. The smallest absolute Gasteiger partial charge is 0.161 e. The zero-order valence-corrected chi connectivity index (χ0v) is 9.38. The van der Waals surface area contributed by atoms with Crippen molar-refractivity contribution >= 4 is 0 Å². The summed E-state index contributed by atoms with van der Waals surface area (Å²) in [5, 5.41) is 17.3. The minimum Gasteiger partial charge on any atom is -0.196 e. The highest BCUT2D eigenvalue weighted by Gasteiger charge is 2.27. The van der Waals surface area contributed by atoms with Crippen LogP contribution in [0.2, 0.25) is 0 Å². The van der Waals surface area contributed by atoms with Gasteiger partial charge in [0.15, 0.2) is 5.54 Å². The highest BCUT2D eigenvalue weighted by Crippen LogP contribution is 2.32. The van der Waals surface area contributed by atoms with E-state index in [1.165, 1.54) is 19.3 Å². The molecule has 0 amide bonds. The standard InChI is InChI=1S/C11H19N3/c1-10(2,9-12)13-14-11(3)7-5-4-6-8-11/h4-8H2,1-3H3. The van der Waals surface area contributed by atoms with E-state index in [1.807, 2.05) is 0 Å². The fraction of sp³-hybridized carbons (Fsp3) is 0.909. The third-order valence-electron chi connectivity index (χ3n) is 2.75. The zero-order valence-electron chi connectivity index (χ0n) is 9.38. The molecular weight excluding hydrogens is 174 g/mol. The lowest BCUT2D eigenvalue weighted by molar-refractivity contribution is 0.303. The highest BCUT2D eigenvalue weighted by molar-refractivity contribution is 5.00. The van der Waals surface area contributed by atoms with Crippen molar-refractivity contribution in [2.75, 3.05) is 0 Å². The van der Waals surface area contributed by atoms with E-state index in [4.69, 9.17) is 5.26 Å². The molecule has 0 radical (unpaired) electrons. The Labute approximate surface area is 86.2 Å². The Balaban J connectivity index is 2.62. The second-order valence-corrected chi connectivity index (χ2v) is 4.93. The van der Waals surface area contributed by atoms with Gasteiger partial charge in [-0.3, -0.25) is 0 Å². The Morgan fingerprint density at radius 3 is 2.29 bits per heavy atom. The van der Waals surface area contributed by atoms with E-state index in [9.17, 15) is 0 Å². The number of rotatable bonds is 2. The molecule has 0 N–H and O–H groups in total. The first kappa shape index (κ1) is 11.2. The highest BCUT2D eigenvalue weighted by atomic mass is 15.2. The van der Waals surface area contributed by atoms with Crippen LogP contribution in [-0.4, -0.2) is 11.1 Å². The van der Waals surface area contributed by atoms with E-state index >= 15 is 0 Å². The monoisotopic (exact) mass is 193 g/mol. The van der Waals surface area contributed by atoms with Gasteiger partial charge in [-0.05, 0) is 33.6 Å². The fourth-order valence-corrected chi connectivity index (χ4v) is 1.68. The van der Waals surface area contributed by atoms with Crippen molar-refractivity contribution in [1.29, 1.82) is 5.26 Å². The van der Waals surface area contributed by atoms with Gasteiger partial charge in [0.25, 0.3) is 0 Å². The Morgan fingerprint density at radius 1 is 1.21 bits per heavy atom. The molecular formula is C11H19N3. The minimum atomic E-state index is -0.666. The van der Waals surface area contributed by atoms with Crippen LogP contribution in [-0.2, 0) is 0 Å². The summed E-state index contributed by atoms with van der Waals surface area (Å²) >= 11 is 0. The van der Waals surface area contributed by atoms with Gasteiger partial charge in [-0.1, -0.05) is 19.3 Å². The molecule has 1 saturated carbocycles. The summed E-state index contributed by atoms with van der Waals surface area (Å²) in [5.74, 6) is 0. The molecule has 0 aromatic carbocycles. The summed E-state index contributed by atoms with van der Waals surface area (Å²) in [5.41, 5.74) is -0.674. The van der Waals surface area contributed by atoms with Crippen LogP contribution in [0.25, 0.3) is 0 Å². The number of nitrogens with zero attached hydrogens (tertiary/aromatic N) is 3. The predicted octanol–water partition coefficient (Wildman–Crippen LogP) is 3.46. The molecule has 0 spiro atoms. The summed E-state index contributed by atoms with van der Waals surface area (Å²) in [6.45, 7) is 5.73. The molecule has 0 aromatic rings. The van der Waals surface area contributed by atoms with Crippen molar-refractivity contribution in [3.63, 3.8) is 0 Å². The van der Waals surface area contributed by atoms with Crippen molar-refractivity contribution in [3.8, 4) is 6.07 Å². The molecule has 0 unspecified atom stereocenters. The van der Waals surface area contributed by atoms with Crippen LogP contribution in [0.5, 0.6) is 0 Å². The molecule has 78 valence electrons. The van der Waals surface area contributed by atoms with E-state index in [1.54, 1.807) is 13.8 Å². The van der Waals surface area contributed by atoms with Crippen molar-refractivity contribution in [2.24, 2.45) is 10.2 Å². The van der Waals surface area contributed by atoms with Crippen LogP contribution >= 0.6 is 0 Å². The third-order valence-corrected chi connectivity index (χ3v) is 2.75. The van der Waals surface area contributed by atoms with Crippen molar-refractivity contribution in [3.05, 3.63) is 0 Å². The summed E-state index contributed by atoms with van der Waals surface area (Å²) in [7, 11) is 0. The van der Waals surface area contributed by atoms with Gasteiger partial charge < -0.3 is 0 Å². The molecule has 14 heavy (non-hydrogen) atoms. The van der Waals surface area contributed by atoms with Crippen molar-refractivity contribution in [2.45, 2.75) is 64.0 Å². The van der Waals surface area contributed by atoms with Gasteiger partial charge in [0, 0.05) is 0 Å². The SMILES string of the molecule is CC(C)(C#N)N=NC1(C)CCCCC1. The van der Waals surface area contributed by atoms with Crippen LogP contribution in [0.3, 0.4) is 0 Å². The molecule has 3 heteroatoms.